The van der Waals surface area contributed by atoms with Gasteiger partial charge >= 0.3 is 0 Å². The summed E-state index contributed by atoms with van der Waals surface area (Å²) in [4.78, 5) is 1.42. The molecule has 0 aliphatic heterocycles. The minimum atomic E-state index is 1.25. The molecule has 0 atom stereocenters. The SMILES string of the molecule is CCC.C[NH+](C)C. The van der Waals surface area contributed by atoms with Gasteiger partial charge in [-0.15, -0.1) is 0 Å². The molecule has 0 rings (SSSR count). The summed E-state index contributed by atoms with van der Waals surface area (Å²) in [5.41, 5.74) is 0. The highest BCUT2D eigenvalue weighted by Gasteiger charge is 1.61. The third kappa shape index (κ3) is 58400. The van der Waals surface area contributed by atoms with Crippen LogP contribution in [0.2, 0.25) is 0 Å². The van der Waals surface area contributed by atoms with Crippen molar-refractivity contribution in [3.63, 3.8) is 0 Å². The van der Waals surface area contributed by atoms with Crippen LogP contribution in [0, 0.1) is 0 Å². The van der Waals surface area contributed by atoms with Crippen LogP contribution >= 0.6 is 0 Å². The van der Waals surface area contributed by atoms with Gasteiger partial charge in [0, 0.05) is 0 Å². The average molecular weight is 104 g/mol. The number of nitrogens with one attached hydrogen (secondary N) is 1. The maximum atomic E-state index is 2.12. The Morgan fingerprint density at radius 3 is 1.00 bits per heavy atom. The Morgan fingerprint density at radius 2 is 1.00 bits per heavy atom. The Morgan fingerprint density at radius 1 is 1.00 bits per heavy atom. The molecule has 0 aliphatic carbocycles. The molecule has 1 nitrogen and oxygen atoms in total. The van der Waals surface area contributed by atoms with Crippen LogP contribution in [0.15, 0.2) is 0 Å². The van der Waals surface area contributed by atoms with Crippen molar-refractivity contribution in [3.8, 4) is 0 Å². The van der Waals surface area contributed by atoms with E-state index in [1.165, 1.54) is 11.3 Å². The molecule has 0 aromatic carbocycles. The Hall–Kier alpha value is -0.0400. The van der Waals surface area contributed by atoms with Gasteiger partial charge in [0.2, 0.25) is 0 Å². The molecule has 0 unspecified atom stereocenters. The maximum absolute atomic E-state index is 2.12. The van der Waals surface area contributed by atoms with E-state index in [0.717, 1.165) is 0 Å². The fraction of sp³-hybridized carbons (Fsp3) is 1.00. The zero-order chi connectivity index (χ0) is 6.28. The van der Waals surface area contributed by atoms with Gasteiger partial charge in [0.25, 0.3) is 0 Å². The standard InChI is InChI=1S/C3H9N.C3H8/c1-4(2)3;1-3-2/h1-3H3;3H2,1-2H3/p+1. The quantitative estimate of drug-likeness (QED) is 0.447. The lowest BCUT2D eigenvalue weighted by Gasteiger charge is -1.88. The molecule has 46 valence electrons. The fourth-order valence-electron chi connectivity index (χ4n) is 0. The van der Waals surface area contributed by atoms with E-state index in [2.05, 4.69) is 35.0 Å². The molecule has 0 spiro atoms. The van der Waals surface area contributed by atoms with Crippen LogP contribution in [0.5, 0.6) is 0 Å². The first kappa shape index (κ1) is 10.0. The van der Waals surface area contributed by atoms with Crippen LogP contribution in [0.4, 0.5) is 0 Å². The third-order valence-electron chi connectivity index (χ3n) is 0. The highest BCUT2D eigenvalue weighted by Crippen LogP contribution is 1.56. The highest BCUT2D eigenvalue weighted by atomic mass is 15.0. The van der Waals surface area contributed by atoms with Crippen molar-refractivity contribution in [1.82, 2.24) is 0 Å². The van der Waals surface area contributed by atoms with Crippen LogP contribution in [-0.4, -0.2) is 21.1 Å². The van der Waals surface area contributed by atoms with E-state index >= 15 is 0 Å². The van der Waals surface area contributed by atoms with Crippen molar-refractivity contribution in [2.45, 2.75) is 20.3 Å². The molecule has 0 fully saturated rings. The van der Waals surface area contributed by atoms with E-state index in [0.29, 0.717) is 0 Å². The first-order valence-corrected chi connectivity index (χ1v) is 2.91. The second-order valence-electron chi connectivity index (χ2n) is 2.21. The molecule has 0 radical (unpaired) electrons. The predicted octanol–water partition coefficient (Wildman–Crippen LogP) is 0.177. The monoisotopic (exact) mass is 104 g/mol. The Kier molecular flexibility index (Phi) is 13.4. The number of hydrogen-bond acceptors (Lipinski definition) is 0. The van der Waals surface area contributed by atoms with E-state index in [1.54, 1.807) is 0 Å². The molecule has 0 aliphatic rings. The van der Waals surface area contributed by atoms with Crippen LogP contribution in [0.25, 0.3) is 0 Å². The van der Waals surface area contributed by atoms with E-state index in [1.807, 2.05) is 0 Å². The molecule has 7 heavy (non-hydrogen) atoms. The van der Waals surface area contributed by atoms with Crippen LogP contribution in [0.1, 0.15) is 20.3 Å². The van der Waals surface area contributed by atoms with Gasteiger partial charge in [0.1, 0.15) is 0 Å². The summed E-state index contributed by atoms with van der Waals surface area (Å²) in [5, 5.41) is 0. The topological polar surface area (TPSA) is 4.44 Å². The van der Waals surface area contributed by atoms with E-state index in [-0.39, 0.29) is 0 Å². The third-order valence-corrected chi connectivity index (χ3v) is 0. The van der Waals surface area contributed by atoms with Crippen molar-refractivity contribution in [3.05, 3.63) is 0 Å². The van der Waals surface area contributed by atoms with Crippen molar-refractivity contribution < 1.29 is 4.90 Å². The van der Waals surface area contributed by atoms with E-state index in [9.17, 15) is 0 Å². The molecular formula is C6H18N+. The van der Waals surface area contributed by atoms with E-state index in [4.69, 9.17) is 0 Å². The highest BCUT2D eigenvalue weighted by molar-refractivity contribution is 3.92. The van der Waals surface area contributed by atoms with Gasteiger partial charge in [0.05, 0.1) is 21.1 Å². The predicted molar refractivity (Wildman–Crippen MR) is 34.7 cm³/mol. The molecule has 0 saturated carbocycles. The van der Waals surface area contributed by atoms with Gasteiger partial charge < -0.3 is 4.90 Å². The van der Waals surface area contributed by atoms with Crippen LogP contribution in [0.3, 0.4) is 0 Å². The summed E-state index contributed by atoms with van der Waals surface area (Å²) >= 11 is 0. The van der Waals surface area contributed by atoms with Gasteiger partial charge in [-0.2, -0.15) is 0 Å². The molecule has 0 heterocycles. The summed E-state index contributed by atoms with van der Waals surface area (Å²) in [6, 6.07) is 0. The van der Waals surface area contributed by atoms with Crippen molar-refractivity contribution in [2.75, 3.05) is 21.1 Å². The lowest BCUT2D eigenvalue weighted by Crippen LogP contribution is -3.02. The lowest BCUT2D eigenvalue weighted by molar-refractivity contribution is -0.836. The number of quaternary nitrogens is 1. The van der Waals surface area contributed by atoms with Gasteiger partial charge in [-0.05, 0) is 0 Å². The summed E-state index contributed by atoms with van der Waals surface area (Å²) in [6.07, 6.45) is 1.25. The smallest absolute Gasteiger partial charge is 0.0661 e. The molecule has 0 aromatic heterocycles. The lowest BCUT2D eigenvalue weighted by atomic mass is 10.6. The van der Waals surface area contributed by atoms with Gasteiger partial charge in [0.15, 0.2) is 0 Å². The molecular weight excluding hydrogens is 86.1 g/mol. The summed E-state index contributed by atoms with van der Waals surface area (Å²) in [5.74, 6) is 0. The summed E-state index contributed by atoms with van der Waals surface area (Å²) in [6.45, 7) is 4.25. The average Bonchev–Trinajstić information content (AvgIpc) is 1.33. The normalized spacial score (nSPS) is 7.71. The molecule has 0 saturated heterocycles. The van der Waals surface area contributed by atoms with Crippen LogP contribution in [-0.2, 0) is 0 Å². The Labute approximate surface area is 47.3 Å². The number of rotatable bonds is 0. The molecule has 1 N–H and O–H groups in total. The van der Waals surface area contributed by atoms with Gasteiger partial charge in [-0.1, -0.05) is 20.3 Å². The summed E-state index contributed by atoms with van der Waals surface area (Å²) in [7, 11) is 6.25. The first-order valence-electron chi connectivity index (χ1n) is 2.91. The molecule has 1 heteroatoms. The second kappa shape index (κ2) is 9.35. The Balaban J connectivity index is 0. The largest absolute Gasteiger partial charge is 0.342 e. The molecule has 0 amide bonds. The molecule has 0 aromatic rings. The fourth-order valence-corrected chi connectivity index (χ4v) is 0. The Bertz CT molecular complexity index is 15.4. The first-order chi connectivity index (χ1) is 3.15. The number of hydrogen-bond donors (Lipinski definition) is 1. The zero-order valence-electron chi connectivity index (χ0n) is 6.21. The maximum Gasteiger partial charge on any atom is 0.0661 e. The molecule has 0 bridgehead atoms. The summed E-state index contributed by atoms with van der Waals surface area (Å²) < 4.78 is 0. The zero-order valence-corrected chi connectivity index (χ0v) is 6.21. The van der Waals surface area contributed by atoms with Crippen molar-refractivity contribution in [1.29, 1.82) is 0 Å². The van der Waals surface area contributed by atoms with Crippen molar-refractivity contribution in [2.24, 2.45) is 0 Å². The minimum Gasteiger partial charge on any atom is -0.342 e. The minimum absolute atomic E-state index is 1.25. The van der Waals surface area contributed by atoms with Crippen molar-refractivity contribution >= 4 is 0 Å². The van der Waals surface area contributed by atoms with Gasteiger partial charge in [-0.3, -0.25) is 0 Å². The van der Waals surface area contributed by atoms with E-state index < -0.39 is 0 Å². The second-order valence-corrected chi connectivity index (χ2v) is 2.21. The van der Waals surface area contributed by atoms with Gasteiger partial charge in [-0.25, -0.2) is 0 Å². The van der Waals surface area contributed by atoms with Crippen LogP contribution < -0.4 is 4.90 Å².